The van der Waals surface area contributed by atoms with Gasteiger partial charge in [-0.05, 0) is 30.3 Å². The van der Waals surface area contributed by atoms with Crippen LogP contribution in [-0.4, -0.2) is 22.1 Å². The van der Waals surface area contributed by atoms with Gasteiger partial charge in [0.2, 0.25) is 5.75 Å². The van der Waals surface area contributed by atoms with Crippen LogP contribution in [0.3, 0.4) is 0 Å². The summed E-state index contributed by atoms with van der Waals surface area (Å²) in [6.07, 6.45) is -3.02. The standard InChI is InChI=1S/C17H12F3N3O3.CH4/c1-25-13-15(24)22-14(12-7-2-3-8-21-12)23-16(13)26-11-6-4-5-10(9-11)17(18,19)20;/h2-9H,1H3,(H,22,23,24);1H4. The summed E-state index contributed by atoms with van der Waals surface area (Å²) >= 11 is 0. The number of alkyl halides is 3. The van der Waals surface area contributed by atoms with Crippen LogP contribution in [0.2, 0.25) is 0 Å². The molecule has 0 unspecified atom stereocenters. The van der Waals surface area contributed by atoms with Crippen LogP contribution < -0.4 is 15.0 Å². The molecule has 142 valence electrons. The number of nitrogens with one attached hydrogen (secondary N) is 1. The zero-order chi connectivity index (χ0) is 18.7. The molecule has 0 radical (unpaired) electrons. The first-order valence-electron chi connectivity index (χ1n) is 7.33. The Labute approximate surface area is 152 Å². The van der Waals surface area contributed by atoms with Crippen LogP contribution in [0.1, 0.15) is 13.0 Å². The van der Waals surface area contributed by atoms with Crippen molar-refractivity contribution in [2.45, 2.75) is 13.6 Å². The molecule has 2 heterocycles. The molecule has 3 aromatic rings. The van der Waals surface area contributed by atoms with Crippen LogP contribution in [0, 0.1) is 0 Å². The molecule has 0 fully saturated rings. The Morgan fingerprint density at radius 2 is 1.89 bits per heavy atom. The predicted molar refractivity (Wildman–Crippen MR) is 92.9 cm³/mol. The predicted octanol–water partition coefficient (Wildman–Crippen LogP) is 4.29. The van der Waals surface area contributed by atoms with Crippen LogP contribution in [0.25, 0.3) is 11.5 Å². The molecule has 0 amide bonds. The average molecular weight is 379 g/mol. The molecule has 1 aromatic carbocycles. The van der Waals surface area contributed by atoms with Crippen molar-refractivity contribution in [3.63, 3.8) is 0 Å². The number of benzene rings is 1. The molecule has 0 aliphatic rings. The number of pyridine rings is 1. The molecule has 0 bridgehead atoms. The number of rotatable bonds is 4. The van der Waals surface area contributed by atoms with Crippen molar-refractivity contribution in [1.82, 2.24) is 15.0 Å². The molecule has 0 atom stereocenters. The first-order chi connectivity index (χ1) is 12.4. The van der Waals surface area contributed by atoms with Crippen molar-refractivity contribution < 1.29 is 22.6 Å². The Morgan fingerprint density at radius 1 is 1.11 bits per heavy atom. The highest BCUT2D eigenvalue weighted by Gasteiger charge is 2.30. The Kier molecular flexibility index (Phi) is 5.84. The second-order valence-corrected chi connectivity index (χ2v) is 5.10. The lowest BCUT2D eigenvalue weighted by molar-refractivity contribution is -0.137. The lowest BCUT2D eigenvalue weighted by Gasteiger charge is -2.12. The molecule has 0 spiro atoms. The monoisotopic (exact) mass is 379 g/mol. The molecule has 2 aromatic heterocycles. The van der Waals surface area contributed by atoms with Gasteiger partial charge in [0, 0.05) is 6.20 Å². The maximum atomic E-state index is 12.8. The quantitative estimate of drug-likeness (QED) is 0.732. The maximum Gasteiger partial charge on any atom is 0.416 e. The van der Waals surface area contributed by atoms with Crippen LogP contribution in [0.15, 0.2) is 53.5 Å². The van der Waals surface area contributed by atoms with Crippen molar-refractivity contribution in [2.75, 3.05) is 7.11 Å². The molecule has 0 aliphatic heterocycles. The largest absolute Gasteiger partial charge is 0.487 e. The van der Waals surface area contributed by atoms with Gasteiger partial charge in [0.25, 0.3) is 11.4 Å². The van der Waals surface area contributed by atoms with Crippen molar-refractivity contribution >= 4 is 0 Å². The maximum absolute atomic E-state index is 12.8. The van der Waals surface area contributed by atoms with E-state index in [1.165, 1.54) is 25.4 Å². The molecule has 27 heavy (non-hydrogen) atoms. The summed E-state index contributed by atoms with van der Waals surface area (Å²) in [6, 6.07) is 9.22. The Morgan fingerprint density at radius 3 is 2.52 bits per heavy atom. The van der Waals surface area contributed by atoms with Gasteiger partial charge >= 0.3 is 6.18 Å². The van der Waals surface area contributed by atoms with Gasteiger partial charge in [0.15, 0.2) is 5.82 Å². The number of nitrogens with zero attached hydrogens (tertiary/aromatic N) is 2. The van der Waals surface area contributed by atoms with Gasteiger partial charge in [-0.25, -0.2) is 0 Å². The zero-order valence-electron chi connectivity index (χ0n) is 13.4. The average Bonchev–Trinajstić information content (AvgIpc) is 2.62. The van der Waals surface area contributed by atoms with Crippen molar-refractivity contribution in [2.24, 2.45) is 0 Å². The number of methoxy groups -OCH3 is 1. The summed E-state index contributed by atoms with van der Waals surface area (Å²) in [4.78, 5) is 22.8. The van der Waals surface area contributed by atoms with Crippen LogP contribution in [-0.2, 0) is 6.18 Å². The minimum absolute atomic E-state index is 0. The van der Waals surface area contributed by atoms with E-state index >= 15 is 0 Å². The van der Waals surface area contributed by atoms with Crippen molar-refractivity contribution in [3.05, 3.63) is 64.6 Å². The normalized spacial score (nSPS) is 10.8. The molecule has 6 nitrogen and oxygen atoms in total. The third kappa shape index (κ3) is 4.43. The van der Waals surface area contributed by atoms with Gasteiger partial charge in [0.05, 0.1) is 12.7 Å². The first kappa shape index (κ1) is 20.0. The molecule has 1 N–H and O–H groups in total. The molecule has 9 heteroatoms. The van der Waals surface area contributed by atoms with Crippen molar-refractivity contribution in [1.29, 1.82) is 0 Å². The molecule has 0 saturated carbocycles. The van der Waals surface area contributed by atoms with E-state index in [0.29, 0.717) is 5.69 Å². The summed E-state index contributed by atoms with van der Waals surface area (Å²) in [5.41, 5.74) is -1.17. The fourth-order valence-corrected chi connectivity index (χ4v) is 2.16. The fraction of sp³-hybridized carbons (Fsp3) is 0.167. The van der Waals surface area contributed by atoms with Gasteiger partial charge in [-0.3, -0.25) is 9.78 Å². The second-order valence-electron chi connectivity index (χ2n) is 5.10. The minimum atomic E-state index is -4.52. The SMILES string of the molecule is C.COc1c(Oc2cccc(C(F)(F)F)c2)nc(-c2ccccn2)[nH]c1=O. The number of halogens is 3. The van der Waals surface area contributed by atoms with E-state index in [2.05, 4.69) is 15.0 Å². The molecular formula is C18H16F3N3O3. The summed E-state index contributed by atoms with van der Waals surface area (Å²) in [6.45, 7) is 0. The van der Waals surface area contributed by atoms with E-state index in [9.17, 15) is 18.0 Å². The van der Waals surface area contributed by atoms with Gasteiger partial charge in [0.1, 0.15) is 11.4 Å². The van der Waals surface area contributed by atoms with Gasteiger partial charge in [-0.1, -0.05) is 19.6 Å². The number of aromatic amines is 1. The Balaban J connectivity index is 0.00000261. The van der Waals surface area contributed by atoms with Crippen molar-refractivity contribution in [3.8, 4) is 28.9 Å². The number of hydrogen-bond acceptors (Lipinski definition) is 5. The third-order valence-electron chi connectivity index (χ3n) is 3.33. The number of aromatic nitrogens is 3. The number of H-pyrrole nitrogens is 1. The Bertz CT molecular complexity index is 973. The zero-order valence-corrected chi connectivity index (χ0v) is 13.4. The molecule has 0 aliphatic carbocycles. The van der Waals surface area contributed by atoms with Crippen LogP contribution in [0.5, 0.6) is 17.4 Å². The smallest absolute Gasteiger partial charge is 0.416 e. The van der Waals surface area contributed by atoms with Gasteiger partial charge in [-0.15, -0.1) is 0 Å². The summed E-state index contributed by atoms with van der Waals surface area (Å²) in [5.74, 6) is -0.570. The van der Waals surface area contributed by atoms with Crippen LogP contribution in [0.4, 0.5) is 13.2 Å². The lowest BCUT2D eigenvalue weighted by Crippen LogP contribution is -2.14. The van der Waals surface area contributed by atoms with E-state index in [1.807, 2.05) is 0 Å². The Hall–Kier alpha value is -3.36. The summed E-state index contributed by atoms with van der Waals surface area (Å²) in [5, 5.41) is 0. The number of ether oxygens (including phenoxy) is 2. The van der Waals surface area contributed by atoms with E-state index in [1.54, 1.807) is 18.2 Å². The highest BCUT2D eigenvalue weighted by Crippen LogP contribution is 2.34. The highest BCUT2D eigenvalue weighted by atomic mass is 19.4. The van der Waals surface area contributed by atoms with E-state index in [-0.39, 0.29) is 30.6 Å². The second kappa shape index (κ2) is 7.90. The molecule has 0 saturated heterocycles. The van der Waals surface area contributed by atoms with Gasteiger partial charge < -0.3 is 14.5 Å². The molecular weight excluding hydrogens is 363 g/mol. The highest BCUT2D eigenvalue weighted by molar-refractivity contribution is 5.51. The first-order valence-corrected chi connectivity index (χ1v) is 7.33. The van der Waals surface area contributed by atoms with E-state index in [0.717, 1.165) is 12.1 Å². The number of hydrogen-bond donors (Lipinski definition) is 1. The fourth-order valence-electron chi connectivity index (χ4n) is 2.16. The molecule has 3 rings (SSSR count). The lowest BCUT2D eigenvalue weighted by atomic mass is 10.2. The third-order valence-corrected chi connectivity index (χ3v) is 3.33. The summed E-state index contributed by atoms with van der Waals surface area (Å²) in [7, 11) is 1.23. The van der Waals surface area contributed by atoms with E-state index in [4.69, 9.17) is 9.47 Å². The van der Waals surface area contributed by atoms with Crippen LogP contribution >= 0.6 is 0 Å². The van der Waals surface area contributed by atoms with Gasteiger partial charge in [-0.2, -0.15) is 18.2 Å². The van der Waals surface area contributed by atoms with E-state index < -0.39 is 17.3 Å². The minimum Gasteiger partial charge on any atom is -0.487 e. The summed E-state index contributed by atoms with van der Waals surface area (Å²) < 4.78 is 48.9. The topological polar surface area (TPSA) is 77.1 Å².